The topological polar surface area (TPSA) is 68.5 Å². The molecule has 0 radical (unpaired) electrons. The standard InChI is InChI=1S/C21H17BrN4O2/c1-14-5-4-10-26-13-16(25-19(14)26)12-24-20(27)18-8-3-9-23-21(18)28-17-7-2-6-15(22)11-17/h2-11,13H,12H2,1H3,(H,24,27). The zero-order valence-corrected chi connectivity index (χ0v) is 16.7. The van der Waals surface area contributed by atoms with E-state index in [-0.39, 0.29) is 11.8 Å². The van der Waals surface area contributed by atoms with Crippen LogP contribution in [0.5, 0.6) is 11.6 Å². The Morgan fingerprint density at radius 2 is 2.11 bits per heavy atom. The lowest BCUT2D eigenvalue weighted by Gasteiger charge is -2.10. The highest BCUT2D eigenvalue weighted by Gasteiger charge is 2.15. The summed E-state index contributed by atoms with van der Waals surface area (Å²) in [6, 6.07) is 14.7. The second kappa shape index (κ2) is 7.82. The highest BCUT2D eigenvalue weighted by atomic mass is 79.9. The molecule has 7 heteroatoms. The molecule has 0 bridgehead atoms. The number of imidazole rings is 1. The van der Waals surface area contributed by atoms with Crippen LogP contribution in [0, 0.1) is 6.92 Å². The van der Waals surface area contributed by atoms with E-state index in [1.54, 1.807) is 24.4 Å². The highest BCUT2D eigenvalue weighted by Crippen LogP contribution is 2.25. The van der Waals surface area contributed by atoms with Crippen molar-refractivity contribution in [2.24, 2.45) is 0 Å². The lowest BCUT2D eigenvalue weighted by molar-refractivity contribution is 0.0947. The molecule has 0 saturated carbocycles. The van der Waals surface area contributed by atoms with Gasteiger partial charge in [0.1, 0.15) is 17.0 Å². The summed E-state index contributed by atoms with van der Waals surface area (Å²) < 4.78 is 8.64. The number of hydrogen-bond donors (Lipinski definition) is 1. The third kappa shape index (κ3) is 3.89. The maximum atomic E-state index is 12.7. The lowest BCUT2D eigenvalue weighted by Crippen LogP contribution is -2.23. The average molecular weight is 437 g/mol. The molecule has 0 aliphatic carbocycles. The maximum Gasteiger partial charge on any atom is 0.257 e. The van der Waals surface area contributed by atoms with Gasteiger partial charge >= 0.3 is 0 Å². The molecule has 28 heavy (non-hydrogen) atoms. The summed E-state index contributed by atoms with van der Waals surface area (Å²) in [6.07, 6.45) is 5.44. The molecule has 0 aliphatic rings. The number of aryl methyl sites for hydroxylation is 1. The number of carbonyl (C=O) groups excluding carboxylic acids is 1. The van der Waals surface area contributed by atoms with Crippen molar-refractivity contribution < 1.29 is 9.53 Å². The van der Waals surface area contributed by atoms with Crippen LogP contribution in [0.1, 0.15) is 21.6 Å². The number of hydrogen-bond acceptors (Lipinski definition) is 4. The van der Waals surface area contributed by atoms with Crippen LogP contribution >= 0.6 is 15.9 Å². The van der Waals surface area contributed by atoms with E-state index in [2.05, 4.69) is 31.2 Å². The summed E-state index contributed by atoms with van der Waals surface area (Å²) in [5.41, 5.74) is 3.10. The van der Waals surface area contributed by atoms with Gasteiger partial charge in [0.2, 0.25) is 5.88 Å². The van der Waals surface area contributed by atoms with E-state index >= 15 is 0 Å². The van der Waals surface area contributed by atoms with Crippen molar-refractivity contribution in [3.8, 4) is 11.6 Å². The molecule has 4 rings (SSSR count). The quantitative estimate of drug-likeness (QED) is 0.499. The molecule has 4 aromatic rings. The summed E-state index contributed by atoms with van der Waals surface area (Å²) in [7, 11) is 0. The molecule has 1 N–H and O–H groups in total. The molecule has 0 atom stereocenters. The van der Waals surface area contributed by atoms with Gasteiger partial charge in [-0.05, 0) is 48.9 Å². The number of halogens is 1. The van der Waals surface area contributed by atoms with Gasteiger partial charge in [-0.3, -0.25) is 4.79 Å². The van der Waals surface area contributed by atoms with Gasteiger partial charge in [0, 0.05) is 23.1 Å². The zero-order chi connectivity index (χ0) is 19.5. The van der Waals surface area contributed by atoms with Crippen molar-refractivity contribution in [1.82, 2.24) is 19.7 Å². The Morgan fingerprint density at radius 1 is 1.21 bits per heavy atom. The van der Waals surface area contributed by atoms with Gasteiger partial charge in [0.05, 0.1) is 12.2 Å². The monoisotopic (exact) mass is 436 g/mol. The number of nitrogens with zero attached hydrogens (tertiary/aromatic N) is 3. The molecular weight excluding hydrogens is 420 g/mol. The highest BCUT2D eigenvalue weighted by molar-refractivity contribution is 9.10. The Balaban J connectivity index is 1.51. The minimum Gasteiger partial charge on any atom is -0.438 e. The molecule has 3 heterocycles. The third-order valence-electron chi connectivity index (χ3n) is 4.18. The minimum absolute atomic E-state index is 0.254. The van der Waals surface area contributed by atoms with Crippen LogP contribution in [0.4, 0.5) is 0 Å². The molecule has 0 spiro atoms. The minimum atomic E-state index is -0.271. The Morgan fingerprint density at radius 3 is 2.93 bits per heavy atom. The third-order valence-corrected chi connectivity index (χ3v) is 4.68. The number of nitrogens with one attached hydrogen (secondary N) is 1. The predicted molar refractivity (Wildman–Crippen MR) is 110 cm³/mol. The van der Waals surface area contributed by atoms with Gasteiger partial charge in [0.25, 0.3) is 5.91 Å². The van der Waals surface area contributed by atoms with E-state index in [9.17, 15) is 4.79 Å². The fourth-order valence-electron chi connectivity index (χ4n) is 2.84. The summed E-state index contributed by atoms with van der Waals surface area (Å²) in [4.78, 5) is 21.5. The number of rotatable bonds is 5. The Bertz CT molecular complexity index is 1160. The molecule has 1 amide bonds. The van der Waals surface area contributed by atoms with Crippen LogP contribution in [-0.4, -0.2) is 20.3 Å². The first-order valence-corrected chi connectivity index (χ1v) is 9.49. The molecule has 0 fully saturated rings. The van der Waals surface area contributed by atoms with Gasteiger partial charge < -0.3 is 14.5 Å². The molecule has 3 aromatic heterocycles. The summed E-state index contributed by atoms with van der Waals surface area (Å²) in [5.74, 6) is 0.578. The van der Waals surface area contributed by atoms with Crippen LogP contribution in [0.2, 0.25) is 0 Å². The van der Waals surface area contributed by atoms with Gasteiger partial charge in [0.15, 0.2) is 0 Å². The fourth-order valence-corrected chi connectivity index (χ4v) is 3.22. The molecule has 140 valence electrons. The average Bonchev–Trinajstić information content (AvgIpc) is 3.11. The van der Waals surface area contributed by atoms with Crippen LogP contribution in [-0.2, 0) is 6.54 Å². The smallest absolute Gasteiger partial charge is 0.257 e. The number of pyridine rings is 2. The van der Waals surface area contributed by atoms with Crippen LogP contribution in [0.25, 0.3) is 5.65 Å². The number of carbonyl (C=O) groups is 1. The number of fused-ring (bicyclic) bond motifs is 1. The van der Waals surface area contributed by atoms with Crippen molar-refractivity contribution in [2.75, 3.05) is 0 Å². The van der Waals surface area contributed by atoms with Gasteiger partial charge in [-0.1, -0.05) is 28.1 Å². The van der Waals surface area contributed by atoms with E-state index in [0.29, 0.717) is 17.9 Å². The first-order valence-electron chi connectivity index (χ1n) is 8.70. The van der Waals surface area contributed by atoms with Crippen LogP contribution < -0.4 is 10.1 Å². The number of amides is 1. The van der Waals surface area contributed by atoms with E-state index in [4.69, 9.17) is 4.74 Å². The maximum absolute atomic E-state index is 12.7. The van der Waals surface area contributed by atoms with Gasteiger partial charge in [-0.15, -0.1) is 0 Å². The van der Waals surface area contributed by atoms with E-state index < -0.39 is 0 Å². The van der Waals surface area contributed by atoms with Crippen molar-refractivity contribution in [3.05, 3.63) is 88.4 Å². The number of benzene rings is 1. The second-order valence-electron chi connectivity index (χ2n) is 6.25. The van der Waals surface area contributed by atoms with E-state index in [1.165, 1.54) is 0 Å². The number of ether oxygens (including phenoxy) is 1. The largest absolute Gasteiger partial charge is 0.438 e. The Kier molecular flexibility index (Phi) is 5.08. The zero-order valence-electron chi connectivity index (χ0n) is 15.1. The van der Waals surface area contributed by atoms with E-state index in [0.717, 1.165) is 21.4 Å². The SMILES string of the molecule is Cc1cccn2cc(CNC(=O)c3cccnc3Oc3cccc(Br)c3)nc12. The van der Waals surface area contributed by atoms with Crippen LogP contribution in [0.3, 0.4) is 0 Å². The number of aromatic nitrogens is 3. The Hall–Kier alpha value is -3.19. The molecule has 0 saturated heterocycles. The molecule has 1 aromatic carbocycles. The summed E-state index contributed by atoms with van der Waals surface area (Å²) >= 11 is 3.40. The van der Waals surface area contributed by atoms with Crippen molar-refractivity contribution in [1.29, 1.82) is 0 Å². The first kappa shape index (κ1) is 18.2. The Labute approximate surface area is 170 Å². The van der Waals surface area contributed by atoms with Crippen LogP contribution in [0.15, 0.2) is 71.6 Å². The van der Waals surface area contributed by atoms with Gasteiger partial charge in [-0.25, -0.2) is 9.97 Å². The normalized spacial score (nSPS) is 10.8. The second-order valence-corrected chi connectivity index (χ2v) is 7.17. The molecule has 6 nitrogen and oxygen atoms in total. The predicted octanol–water partition coefficient (Wildman–Crippen LogP) is 4.52. The first-order chi connectivity index (χ1) is 13.6. The van der Waals surface area contributed by atoms with Gasteiger partial charge in [-0.2, -0.15) is 0 Å². The molecular formula is C21H17BrN4O2. The molecule has 0 aliphatic heterocycles. The van der Waals surface area contributed by atoms with E-state index in [1.807, 2.05) is 54.0 Å². The van der Waals surface area contributed by atoms with Crippen molar-refractivity contribution >= 4 is 27.5 Å². The summed E-state index contributed by atoms with van der Waals surface area (Å²) in [5, 5.41) is 2.89. The fraction of sp³-hybridized carbons (Fsp3) is 0.0952. The molecule has 0 unspecified atom stereocenters. The lowest BCUT2D eigenvalue weighted by atomic mass is 10.2. The van der Waals surface area contributed by atoms with Crippen molar-refractivity contribution in [3.63, 3.8) is 0 Å². The van der Waals surface area contributed by atoms with Crippen molar-refractivity contribution in [2.45, 2.75) is 13.5 Å². The summed E-state index contributed by atoms with van der Waals surface area (Å²) in [6.45, 7) is 2.32.